The number of nitrogens with zero attached hydrogens (tertiary/aromatic N) is 3. The molecule has 168 valence electrons. The Kier molecular flexibility index (Phi) is 8.74. The molecule has 1 aliphatic heterocycles. The minimum absolute atomic E-state index is 0.661. The largest absolute Gasteiger partial charge is 0.379 e. The van der Waals surface area contributed by atoms with Gasteiger partial charge in [-0.3, -0.25) is 4.90 Å². The van der Waals surface area contributed by atoms with Crippen molar-refractivity contribution in [3.8, 4) is 0 Å². The van der Waals surface area contributed by atoms with E-state index in [1.807, 2.05) is 0 Å². The third-order valence-electron chi connectivity index (χ3n) is 5.66. The van der Waals surface area contributed by atoms with Gasteiger partial charge in [0.25, 0.3) is 0 Å². The first-order valence-corrected chi connectivity index (χ1v) is 11.2. The summed E-state index contributed by atoms with van der Waals surface area (Å²) in [5.41, 5.74) is 6.41. The van der Waals surface area contributed by atoms with Gasteiger partial charge in [-0.15, -0.1) is 0 Å². The van der Waals surface area contributed by atoms with E-state index in [0.717, 1.165) is 51.9 Å². The minimum atomic E-state index is 0.661. The molecule has 1 aliphatic rings. The molecule has 0 atom stereocenters. The molecule has 1 fully saturated rings. The lowest BCUT2D eigenvalue weighted by Crippen LogP contribution is -2.37. The van der Waals surface area contributed by atoms with Crippen LogP contribution in [-0.2, 0) is 24.4 Å². The van der Waals surface area contributed by atoms with Crippen molar-refractivity contribution in [2.24, 2.45) is 4.99 Å². The van der Waals surface area contributed by atoms with E-state index >= 15 is 0 Å². The van der Waals surface area contributed by atoms with E-state index in [9.17, 15) is 0 Å². The van der Waals surface area contributed by atoms with E-state index in [1.54, 1.807) is 0 Å². The van der Waals surface area contributed by atoms with Crippen LogP contribution in [-0.4, -0.2) is 57.8 Å². The van der Waals surface area contributed by atoms with Crippen LogP contribution >= 0.6 is 0 Å². The molecule has 1 heterocycles. The van der Waals surface area contributed by atoms with Crippen LogP contribution in [0.15, 0.2) is 47.5 Å². The molecule has 2 aromatic carbocycles. The van der Waals surface area contributed by atoms with Gasteiger partial charge < -0.3 is 20.3 Å². The maximum Gasteiger partial charge on any atom is 0.191 e. The average molecular weight is 424 g/mol. The minimum Gasteiger partial charge on any atom is -0.379 e. The highest BCUT2D eigenvalue weighted by atomic mass is 16.5. The molecule has 6 nitrogen and oxygen atoms in total. The summed E-state index contributed by atoms with van der Waals surface area (Å²) < 4.78 is 5.48. The van der Waals surface area contributed by atoms with E-state index in [0.29, 0.717) is 6.54 Å². The summed E-state index contributed by atoms with van der Waals surface area (Å²) in [6.07, 6.45) is 0. The Labute approximate surface area is 187 Å². The monoisotopic (exact) mass is 423 g/mol. The van der Waals surface area contributed by atoms with Gasteiger partial charge in [0.2, 0.25) is 0 Å². The van der Waals surface area contributed by atoms with Crippen molar-refractivity contribution < 1.29 is 4.74 Å². The van der Waals surface area contributed by atoms with Crippen LogP contribution in [0.3, 0.4) is 0 Å². The molecule has 3 rings (SSSR count). The first-order valence-electron chi connectivity index (χ1n) is 11.2. The third-order valence-corrected chi connectivity index (χ3v) is 5.66. The summed E-state index contributed by atoms with van der Waals surface area (Å²) in [5, 5.41) is 6.87. The van der Waals surface area contributed by atoms with Crippen molar-refractivity contribution in [3.63, 3.8) is 0 Å². The molecule has 1 saturated heterocycles. The number of hydrogen-bond donors (Lipinski definition) is 2. The van der Waals surface area contributed by atoms with Crippen LogP contribution in [0.2, 0.25) is 0 Å². The Hall–Kier alpha value is -2.57. The first kappa shape index (κ1) is 23.1. The first-order chi connectivity index (χ1) is 15.1. The molecule has 0 spiro atoms. The quantitative estimate of drug-likeness (QED) is 0.505. The van der Waals surface area contributed by atoms with E-state index in [4.69, 9.17) is 9.73 Å². The molecule has 0 aliphatic carbocycles. The number of anilines is 1. The molecular formula is C25H37N5O. The molecular weight excluding hydrogens is 386 g/mol. The number of benzene rings is 2. The second-order valence-electron chi connectivity index (χ2n) is 8.21. The Morgan fingerprint density at radius 2 is 1.77 bits per heavy atom. The zero-order valence-electron chi connectivity index (χ0n) is 19.4. The summed E-state index contributed by atoms with van der Waals surface area (Å²) in [6, 6.07) is 15.2. The number of morpholine rings is 1. The van der Waals surface area contributed by atoms with Crippen molar-refractivity contribution in [2.45, 2.75) is 33.5 Å². The topological polar surface area (TPSA) is 52.1 Å². The Morgan fingerprint density at radius 3 is 2.45 bits per heavy atom. The number of aryl methyl sites for hydroxylation is 1. The SMILES string of the molecule is CCNC(=NCc1ccccc1CN1CCOCC1)NCc1ccc(N(C)C)cc1C. The van der Waals surface area contributed by atoms with Crippen LogP contribution < -0.4 is 15.5 Å². The summed E-state index contributed by atoms with van der Waals surface area (Å²) >= 11 is 0. The van der Waals surface area contributed by atoms with E-state index in [2.05, 4.69) is 90.8 Å². The lowest BCUT2D eigenvalue weighted by Gasteiger charge is -2.27. The Morgan fingerprint density at radius 1 is 1.03 bits per heavy atom. The fourth-order valence-corrected chi connectivity index (χ4v) is 3.71. The van der Waals surface area contributed by atoms with Gasteiger partial charge in [-0.05, 0) is 48.2 Å². The van der Waals surface area contributed by atoms with Crippen molar-refractivity contribution in [1.29, 1.82) is 0 Å². The molecule has 0 radical (unpaired) electrons. The summed E-state index contributed by atoms with van der Waals surface area (Å²) in [6.45, 7) is 11.1. The Balaban J connectivity index is 1.64. The van der Waals surface area contributed by atoms with Gasteiger partial charge in [-0.1, -0.05) is 30.3 Å². The lowest BCUT2D eigenvalue weighted by molar-refractivity contribution is 0.0341. The smallest absolute Gasteiger partial charge is 0.191 e. The average Bonchev–Trinajstić information content (AvgIpc) is 2.78. The molecule has 31 heavy (non-hydrogen) atoms. The number of aliphatic imine (C=N–C) groups is 1. The maximum absolute atomic E-state index is 5.48. The highest BCUT2D eigenvalue weighted by Gasteiger charge is 2.12. The summed E-state index contributed by atoms with van der Waals surface area (Å²) in [4.78, 5) is 9.45. The number of guanidine groups is 1. The number of rotatable bonds is 8. The van der Waals surface area contributed by atoms with Gasteiger partial charge in [0.1, 0.15) is 0 Å². The third kappa shape index (κ3) is 6.97. The predicted molar refractivity (Wildman–Crippen MR) is 130 cm³/mol. The second-order valence-corrected chi connectivity index (χ2v) is 8.21. The highest BCUT2D eigenvalue weighted by molar-refractivity contribution is 5.79. The van der Waals surface area contributed by atoms with Gasteiger partial charge in [-0.25, -0.2) is 4.99 Å². The van der Waals surface area contributed by atoms with Gasteiger partial charge >= 0.3 is 0 Å². The van der Waals surface area contributed by atoms with Crippen molar-refractivity contribution >= 4 is 11.6 Å². The van der Waals surface area contributed by atoms with Gasteiger partial charge in [-0.2, -0.15) is 0 Å². The predicted octanol–water partition coefficient (Wildman–Crippen LogP) is 3.15. The van der Waals surface area contributed by atoms with Gasteiger partial charge in [0, 0.05) is 52.5 Å². The lowest BCUT2D eigenvalue weighted by atomic mass is 10.1. The van der Waals surface area contributed by atoms with Crippen molar-refractivity contribution in [1.82, 2.24) is 15.5 Å². The molecule has 0 unspecified atom stereocenters. The number of nitrogens with one attached hydrogen (secondary N) is 2. The molecule has 0 bridgehead atoms. The number of hydrogen-bond acceptors (Lipinski definition) is 4. The number of ether oxygens (including phenoxy) is 1. The van der Waals surface area contributed by atoms with E-state index < -0.39 is 0 Å². The molecule has 0 aromatic heterocycles. The van der Waals surface area contributed by atoms with Crippen LogP contribution in [0.4, 0.5) is 5.69 Å². The van der Waals surface area contributed by atoms with Crippen LogP contribution in [0.1, 0.15) is 29.2 Å². The van der Waals surface area contributed by atoms with Crippen LogP contribution in [0.25, 0.3) is 0 Å². The standard InChI is InChI=1S/C25H37N5O/c1-5-26-25(27-17-21-10-11-24(29(3)4)16-20(21)2)28-18-22-8-6-7-9-23(22)19-30-12-14-31-15-13-30/h6-11,16H,5,12-15,17-19H2,1-4H3,(H2,26,27,28). The summed E-state index contributed by atoms with van der Waals surface area (Å²) in [7, 11) is 4.14. The van der Waals surface area contributed by atoms with E-state index in [-0.39, 0.29) is 0 Å². The van der Waals surface area contributed by atoms with Gasteiger partial charge in [0.05, 0.1) is 19.8 Å². The molecule has 0 amide bonds. The van der Waals surface area contributed by atoms with Crippen LogP contribution in [0.5, 0.6) is 0 Å². The highest BCUT2D eigenvalue weighted by Crippen LogP contribution is 2.17. The zero-order chi connectivity index (χ0) is 22.1. The second kappa shape index (κ2) is 11.7. The normalized spacial score (nSPS) is 15.0. The molecule has 6 heteroatoms. The van der Waals surface area contributed by atoms with Crippen LogP contribution in [0, 0.1) is 6.92 Å². The fourth-order valence-electron chi connectivity index (χ4n) is 3.71. The zero-order valence-corrected chi connectivity index (χ0v) is 19.4. The van der Waals surface area contributed by atoms with Crippen molar-refractivity contribution in [2.75, 3.05) is 51.8 Å². The fraction of sp³-hybridized carbons (Fsp3) is 0.480. The molecule has 2 aromatic rings. The van der Waals surface area contributed by atoms with Crippen molar-refractivity contribution in [3.05, 3.63) is 64.7 Å². The van der Waals surface area contributed by atoms with Gasteiger partial charge in [0.15, 0.2) is 5.96 Å². The molecule has 0 saturated carbocycles. The Bertz CT molecular complexity index is 859. The molecule has 2 N–H and O–H groups in total. The maximum atomic E-state index is 5.48. The van der Waals surface area contributed by atoms with E-state index in [1.165, 1.54) is 27.9 Å². The summed E-state index contributed by atoms with van der Waals surface area (Å²) in [5.74, 6) is 0.847.